The number of hydrogen-bond acceptors (Lipinski definition) is 6. The van der Waals surface area contributed by atoms with E-state index in [1.54, 1.807) is 6.92 Å². The van der Waals surface area contributed by atoms with E-state index in [-0.39, 0.29) is 16.7 Å². The van der Waals surface area contributed by atoms with E-state index in [1.165, 1.54) is 18.4 Å². The molecule has 34 heavy (non-hydrogen) atoms. The predicted octanol–water partition coefficient (Wildman–Crippen LogP) is 3.09. The molecule has 0 aromatic carbocycles. The van der Waals surface area contributed by atoms with Gasteiger partial charge in [-0.2, -0.15) is 0 Å². The number of nitrogens with zero attached hydrogens (tertiary/aromatic N) is 1. The molecule has 3 saturated carbocycles. The highest BCUT2D eigenvalue weighted by Gasteiger charge is 2.59. The van der Waals surface area contributed by atoms with Crippen LogP contribution >= 0.6 is 0 Å². The van der Waals surface area contributed by atoms with E-state index in [0.717, 1.165) is 44.2 Å². The molecule has 0 unspecified atom stereocenters. The van der Waals surface area contributed by atoms with Gasteiger partial charge >= 0.3 is 5.97 Å². The molecule has 188 valence electrons. The van der Waals surface area contributed by atoms with Gasteiger partial charge in [-0.1, -0.05) is 24.6 Å². The molecule has 1 amide bonds. The summed E-state index contributed by atoms with van der Waals surface area (Å²) in [5, 5.41) is 24.3. The number of aliphatic hydroxyl groups excluding tert-OH is 1. The Hall–Kier alpha value is -2.22. The SMILES string of the molecule is CC(=O)[C@H]1CC[C@H]2[C@@H]3CCC4=CC(=NOCC(=O)N[C@@H](CO)C(=O)O)CC[C@]4(C)[C@H]3CC[C@]12C. The summed E-state index contributed by atoms with van der Waals surface area (Å²) >= 11 is 0. The van der Waals surface area contributed by atoms with Gasteiger partial charge in [0.1, 0.15) is 11.8 Å². The van der Waals surface area contributed by atoms with Crippen molar-refractivity contribution in [3.63, 3.8) is 0 Å². The van der Waals surface area contributed by atoms with Crippen LogP contribution in [0.2, 0.25) is 0 Å². The lowest BCUT2D eigenvalue weighted by atomic mass is 9.46. The minimum Gasteiger partial charge on any atom is -0.480 e. The standard InChI is InChI=1S/C26H38N2O6/c1-15(30)19-6-7-20-18-5-4-16-12-17(28-34-14-23(31)27-22(13-29)24(32)33)8-10-25(16,2)21(18)9-11-26(19,20)3/h12,18-22,29H,4-11,13-14H2,1-3H3,(H,27,31)(H,32,33)/t18-,19+,20-,21-,22-,25-,26+/m0/s1. The maximum absolute atomic E-state index is 12.3. The topological polar surface area (TPSA) is 125 Å². The molecule has 0 aromatic heterocycles. The van der Waals surface area contributed by atoms with E-state index in [4.69, 9.17) is 15.1 Å². The molecule has 0 heterocycles. The van der Waals surface area contributed by atoms with Gasteiger partial charge in [-0.15, -0.1) is 0 Å². The average Bonchev–Trinajstić information content (AvgIpc) is 3.15. The van der Waals surface area contributed by atoms with Crippen molar-refractivity contribution in [3.8, 4) is 0 Å². The Morgan fingerprint density at radius 2 is 1.91 bits per heavy atom. The number of carbonyl (C=O) groups is 3. The molecule has 4 rings (SSSR count). The Morgan fingerprint density at radius 1 is 1.15 bits per heavy atom. The fourth-order valence-electron chi connectivity index (χ4n) is 7.91. The second-order valence-electron chi connectivity index (χ2n) is 11.3. The van der Waals surface area contributed by atoms with Crippen LogP contribution in [0.4, 0.5) is 0 Å². The second-order valence-corrected chi connectivity index (χ2v) is 11.3. The quantitative estimate of drug-likeness (QED) is 0.487. The van der Waals surface area contributed by atoms with Gasteiger partial charge in [0, 0.05) is 5.92 Å². The summed E-state index contributed by atoms with van der Waals surface area (Å²) in [6, 6.07) is -1.35. The lowest BCUT2D eigenvalue weighted by Crippen LogP contribution is -2.51. The third-order valence-electron chi connectivity index (χ3n) is 9.66. The van der Waals surface area contributed by atoms with E-state index >= 15 is 0 Å². The van der Waals surface area contributed by atoms with Crippen LogP contribution in [0.15, 0.2) is 16.8 Å². The first-order valence-electron chi connectivity index (χ1n) is 12.6. The molecule has 8 heteroatoms. The van der Waals surface area contributed by atoms with Crippen molar-refractivity contribution in [1.82, 2.24) is 5.32 Å². The number of fused-ring (bicyclic) bond motifs is 5. The number of carboxylic acids is 1. The van der Waals surface area contributed by atoms with Gasteiger partial charge in [0.15, 0.2) is 6.61 Å². The van der Waals surface area contributed by atoms with Crippen LogP contribution in [0.5, 0.6) is 0 Å². The highest BCUT2D eigenvalue weighted by atomic mass is 16.6. The van der Waals surface area contributed by atoms with Gasteiger partial charge in [-0.25, -0.2) is 4.79 Å². The molecular weight excluding hydrogens is 436 g/mol. The number of amides is 1. The minimum absolute atomic E-state index is 0.144. The summed E-state index contributed by atoms with van der Waals surface area (Å²) in [5.41, 5.74) is 2.54. The largest absolute Gasteiger partial charge is 0.480 e. The number of carboxylic acid groups (broad SMARTS) is 1. The summed E-state index contributed by atoms with van der Waals surface area (Å²) < 4.78 is 0. The van der Waals surface area contributed by atoms with Crippen LogP contribution in [0, 0.1) is 34.5 Å². The zero-order valence-corrected chi connectivity index (χ0v) is 20.5. The van der Waals surface area contributed by atoms with Gasteiger partial charge in [0.2, 0.25) is 0 Å². The van der Waals surface area contributed by atoms with Crippen molar-refractivity contribution >= 4 is 23.4 Å². The van der Waals surface area contributed by atoms with Crippen molar-refractivity contribution in [2.75, 3.05) is 13.2 Å². The molecule has 3 N–H and O–H groups in total. The molecule has 0 spiro atoms. The lowest BCUT2D eigenvalue weighted by Gasteiger charge is -2.58. The number of hydrogen-bond donors (Lipinski definition) is 3. The number of aliphatic hydroxyl groups is 1. The van der Waals surface area contributed by atoms with E-state index in [2.05, 4.69) is 30.4 Å². The summed E-state index contributed by atoms with van der Waals surface area (Å²) in [4.78, 5) is 40.3. The Bertz CT molecular complexity index is 913. The Morgan fingerprint density at radius 3 is 2.59 bits per heavy atom. The summed E-state index contributed by atoms with van der Waals surface area (Å²) in [6.45, 7) is 5.48. The highest BCUT2D eigenvalue weighted by molar-refractivity contribution is 5.96. The fraction of sp³-hybridized carbons (Fsp3) is 0.769. The lowest BCUT2D eigenvalue weighted by molar-refractivity contribution is -0.143. The summed E-state index contributed by atoms with van der Waals surface area (Å²) in [7, 11) is 0. The van der Waals surface area contributed by atoms with Crippen molar-refractivity contribution in [2.24, 2.45) is 39.7 Å². The Balaban J connectivity index is 1.41. The smallest absolute Gasteiger partial charge is 0.328 e. The molecule has 0 aliphatic heterocycles. The van der Waals surface area contributed by atoms with Crippen LogP contribution in [-0.4, -0.2) is 52.8 Å². The maximum atomic E-state index is 12.3. The number of ketones is 1. The molecule has 7 atom stereocenters. The molecule has 0 aromatic rings. The second kappa shape index (κ2) is 9.44. The molecule has 0 radical (unpaired) electrons. The number of aliphatic carboxylic acids is 1. The Labute approximate surface area is 201 Å². The number of Topliss-reactive ketones (excluding diaryl/α,β-unsaturated/α-hetero) is 1. The van der Waals surface area contributed by atoms with Crippen LogP contribution in [0.3, 0.4) is 0 Å². The van der Waals surface area contributed by atoms with Crippen molar-refractivity contribution in [3.05, 3.63) is 11.6 Å². The van der Waals surface area contributed by atoms with Crippen molar-refractivity contribution in [2.45, 2.75) is 78.2 Å². The number of allylic oxidation sites excluding steroid dienone is 2. The molecule has 0 saturated heterocycles. The monoisotopic (exact) mass is 474 g/mol. The van der Waals surface area contributed by atoms with Crippen molar-refractivity contribution < 1.29 is 29.4 Å². The van der Waals surface area contributed by atoms with Crippen LogP contribution in [0.1, 0.15) is 72.1 Å². The van der Waals surface area contributed by atoms with Gasteiger partial charge in [-0.3, -0.25) is 9.59 Å². The summed E-state index contributed by atoms with van der Waals surface area (Å²) in [5.74, 6) is 0.619. The average molecular weight is 475 g/mol. The first-order valence-corrected chi connectivity index (χ1v) is 12.6. The summed E-state index contributed by atoms with van der Waals surface area (Å²) in [6.07, 6.45) is 10.6. The van der Waals surface area contributed by atoms with Crippen LogP contribution in [-0.2, 0) is 19.2 Å². The molecular formula is C26H38N2O6. The van der Waals surface area contributed by atoms with Gasteiger partial charge in [-0.05, 0) is 93.0 Å². The van der Waals surface area contributed by atoms with E-state index in [0.29, 0.717) is 23.5 Å². The minimum atomic E-state index is -1.35. The highest BCUT2D eigenvalue weighted by Crippen LogP contribution is 2.66. The Kier molecular flexibility index (Phi) is 6.91. The molecule has 4 aliphatic rings. The first-order chi connectivity index (χ1) is 16.1. The zero-order valence-electron chi connectivity index (χ0n) is 20.5. The third-order valence-corrected chi connectivity index (χ3v) is 9.66. The predicted molar refractivity (Wildman–Crippen MR) is 126 cm³/mol. The number of oxime groups is 1. The van der Waals surface area contributed by atoms with E-state index in [9.17, 15) is 14.4 Å². The van der Waals surface area contributed by atoms with Crippen LogP contribution < -0.4 is 5.32 Å². The zero-order chi connectivity index (χ0) is 24.7. The number of nitrogens with one attached hydrogen (secondary N) is 1. The molecule has 0 bridgehead atoms. The molecule has 4 aliphatic carbocycles. The van der Waals surface area contributed by atoms with Gasteiger partial charge in [0.05, 0.1) is 12.3 Å². The maximum Gasteiger partial charge on any atom is 0.328 e. The molecule has 3 fully saturated rings. The van der Waals surface area contributed by atoms with Gasteiger partial charge < -0.3 is 20.4 Å². The van der Waals surface area contributed by atoms with E-state index in [1.807, 2.05) is 0 Å². The molecule has 8 nitrogen and oxygen atoms in total. The normalized spacial score (nSPS) is 38.7. The van der Waals surface area contributed by atoms with E-state index < -0.39 is 31.1 Å². The van der Waals surface area contributed by atoms with Crippen molar-refractivity contribution in [1.29, 1.82) is 0 Å². The fourth-order valence-corrected chi connectivity index (χ4v) is 7.91. The van der Waals surface area contributed by atoms with Gasteiger partial charge in [0.25, 0.3) is 5.91 Å². The van der Waals surface area contributed by atoms with Crippen LogP contribution in [0.25, 0.3) is 0 Å². The third kappa shape index (κ3) is 4.30. The number of carbonyl (C=O) groups excluding carboxylic acids is 2. The first kappa shape index (κ1) is 24.9. The number of rotatable bonds is 7.